The van der Waals surface area contributed by atoms with Crippen LogP contribution in [0.2, 0.25) is 0 Å². The number of phenolic OH excluding ortho intramolecular Hbond substituents is 5. The minimum Gasteiger partial charge on any atom is -0.504 e. The van der Waals surface area contributed by atoms with Gasteiger partial charge in [0.15, 0.2) is 35.0 Å². The van der Waals surface area contributed by atoms with E-state index in [1.165, 1.54) is 7.11 Å². The molecule has 2 aromatic rings. The summed E-state index contributed by atoms with van der Waals surface area (Å²) >= 11 is 0. The van der Waals surface area contributed by atoms with E-state index in [-0.39, 0.29) is 0 Å². The monoisotopic (exact) mass is 498 g/mol. The summed E-state index contributed by atoms with van der Waals surface area (Å²) in [7, 11) is 1.19. The van der Waals surface area contributed by atoms with Crippen LogP contribution in [0, 0.1) is 0 Å². The van der Waals surface area contributed by atoms with Crippen LogP contribution in [-0.2, 0) is 14.2 Å². The van der Waals surface area contributed by atoms with E-state index < -0.39 is 94.9 Å². The fourth-order valence-corrected chi connectivity index (χ4v) is 3.18. The Morgan fingerprint density at radius 1 is 0.800 bits per heavy atom. The van der Waals surface area contributed by atoms with Crippen molar-refractivity contribution in [3.8, 4) is 34.5 Å². The molecule has 5 atom stereocenters. The summed E-state index contributed by atoms with van der Waals surface area (Å²) in [5.41, 5.74) is -0.832. The summed E-state index contributed by atoms with van der Waals surface area (Å²) in [5.74, 6) is -7.34. The van der Waals surface area contributed by atoms with Gasteiger partial charge in [0.2, 0.25) is 5.75 Å². The number of aliphatic hydroxyl groups excluding tert-OH is 3. The molecule has 0 saturated carbocycles. The molecule has 1 aliphatic heterocycles. The molecule has 3 rings (SSSR count). The Morgan fingerprint density at radius 3 is 1.86 bits per heavy atom. The van der Waals surface area contributed by atoms with Gasteiger partial charge >= 0.3 is 11.9 Å². The summed E-state index contributed by atoms with van der Waals surface area (Å²) in [5, 5.41) is 78.2. The van der Waals surface area contributed by atoms with Crippen molar-refractivity contribution >= 4 is 11.9 Å². The number of ether oxygens (including phenoxy) is 4. The van der Waals surface area contributed by atoms with Crippen molar-refractivity contribution in [2.75, 3.05) is 13.7 Å². The molecular formula is C21H22O14. The first-order chi connectivity index (χ1) is 16.4. The molecule has 1 fully saturated rings. The second-order valence-electron chi connectivity index (χ2n) is 7.45. The lowest BCUT2D eigenvalue weighted by Crippen LogP contribution is -2.59. The van der Waals surface area contributed by atoms with Gasteiger partial charge in [-0.3, -0.25) is 0 Å². The first-order valence-corrected chi connectivity index (χ1v) is 9.87. The Kier molecular flexibility index (Phi) is 7.52. The van der Waals surface area contributed by atoms with Gasteiger partial charge in [0.25, 0.3) is 0 Å². The van der Waals surface area contributed by atoms with Gasteiger partial charge in [0.1, 0.15) is 31.0 Å². The number of aliphatic hydroxyl groups is 3. The molecule has 1 saturated heterocycles. The molecule has 2 aromatic carbocycles. The molecule has 190 valence electrons. The van der Waals surface area contributed by atoms with E-state index in [1.54, 1.807) is 0 Å². The highest BCUT2D eigenvalue weighted by Gasteiger charge is 2.44. The van der Waals surface area contributed by atoms with Crippen molar-refractivity contribution < 1.29 is 69.4 Å². The number of phenols is 5. The van der Waals surface area contributed by atoms with Crippen molar-refractivity contribution in [3.63, 3.8) is 0 Å². The van der Waals surface area contributed by atoms with Crippen molar-refractivity contribution in [1.82, 2.24) is 0 Å². The number of methoxy groups -OCH3 is 1. The number of hydrogen-bond acceptors (Lipinski definition) is 14. The second-order valence-corrected chi connectivity index (χ2v) is 7.45. The van der Waals surface area contributed by atoms with Gasteiger partial charge in [0.05, 0.1) is 11.1 Å². The third-order valence-corrected chi connectivity index (χ3v) is 5.07. The summed E-state index contributed by atoms with van der Waals surface area (Å²) in [6.07, 6.45) is -7.37. The van der Waals surface area contributed by atoms with E-state index in [9.17, 15) is 50.4 Å². The Balaban J connectivity index is 1.70. The second kappa shape index (κ2) is 10.2. The van der Waals surface area contributed by atoms with Gasteiger partial charge in [-0.05, 0) is 24.3 Å². The third-order valence-electron chi connectivity index (χ3n) is 5.07. The van der Waals surface area contributed by atoms with E-state index in [2.05, 4.69) is 0 Å². The molecule has 0 bridgehead atoms. The lowest BCUT2D eigenvalue weighted by molar-refractivity contribution is -0.294. The number of carbonyl (C=O) groups excluding carboxylic acids is 2. The van der Waals surface area contributed by atoms with Gasteiger partial charge in [-0.15, -0.1) is 0 Å². The Bertz CT molecular complexity index is 1070. The van der Waals surface area contributed by atoms with Crippen molar-refractivity contribution in [3.05, 3.63) is 35.4 Å². The molecule has 35 heavy (non-hydrogen) atoms. The Labute approximate surface area is 196 Å². The zero-order valence-electron chi connectivity index (χ0n) is 17.9. The van der Waals surface area contributed by atoms with E-state index in [1.807, 2.05) is 0 Å². The zero-order chi connectivity index (χ0) is 26.0. The molecule has 0 radical (unpaired) electrons. The molecule has 1 heterocycles. The van der Waals surface area contributed by atoms with Crippen LogP contribution in [0.15, 0.2) is 24.3 Å². The quantitative estimate of drug-likeness (QED) is 0.136. The maximum absolute atomic E-state index is 12.3. The van der Waals surface area contributed by atoms with Crippen LogP contribution < -0.4 is 4.74 Å². The fraction of sp³-hybridized carbons (Fsp3) is 0.333. The topological polar surface area (TPSA) is 233 Å². The first-order valence-electron chi connectivity index (χ1n) is 9.87. The standard InChI is InChI=1S/C21H22O14/c1-32-21-17(29)16(28)15(27)13(34-21)6-33-19(30)7-4-11(24)18(12(25)5-7)35-20(31)8-2-9(22)14(26)10(23)3-8/h2-5,13,15-17,21-29H,6H2,1H3. The van der Waals surface area contributed by atoms with Crippen LogP contribution in [-0.4, -0.2) is 97.2 Å². The van der Waals surface area contributed by atoms with Gasteiger partial charge < -0.3 is 59.8 Å². The van der Waals surface area contributed by atoms with E-state index in [0.717, 1.165) is 24.3 Å². The molecule has 0 amide bonds. The molecule has 0 spiro atoms. The molecule has 14 heteroatoms. The number of rotatable bonds is 6. The SMILES string of the molecule is COC1OC(COC(=O)c2cc(O)c(OC(=O)c3cc(O)c(O)c(O)c3)c(O)c2)C(O)C(O)C1O. The smallest absolute Gasteiger partial charge is 0.344 e. The van der Waals surface area contributed by atoms with Gasteiger partial charge in [-0.2, -0.15) is 0 Å². The zero-order valence-corrected chi connectivity index (χ0v) is 17.9. The fourth-order valence-electron chi connectivity index (χ4n) is 3.18. The molecule has 14 nitrogen and oxygen atoms in total. The number of benzene rings is 2. The average molecular weight is 498 g/mol. The van der Waals surface area contributed by atoms with Crippen molar-refractivity contribution in [1.29, 1.82) is 0 Å². The normalized spacial score (nSPS) is 24.1. The largest absolute Gasteiger partial charge is 0.504 e. The highest BCUT2D eigenvalue weighted by molar-refractivity contribution is 5.94. The van der Waals surface area contributed by atoms with Crippen LogP contribution in [0.3, 0.4) is 0 Å². The molecule has 0 aromatic heterocycles. The number of hydrogen-bond donors (Lipinski definition) is 8. The number of aromatic hydroxyl groups is 5. The summed E-state index contributed by atoms with van der Waals surface area (Å²) in [6, 6.07) is 3.13. The lowest BCUT2D eigenvalue weighted by atomic mass is 9.99. The molecule has 8 N–H and O–H groups in total. The van der Waals surface area contributed by atoms with Gasteiger partial charge in [-0.25, -0.2) is 9.59 Å². The van der Waals surface area contributed by atoms with Crippen LogP contribution in [0.5, 0.6) is 34.5 Å². The lowest BCUT2D eigenvalue weighted by Gasteiger charge is -2.39. The molecule has 5 unspecified atom stereocenters. The van der Waals surface area contributed by atoms with Crippen molar-refractivity contribution in [2.45, 2.75) is 30.7 Å². The number of esters is 2. The van der Waals surface area contributed by atoms with Crippen LogP contribution in [0.25, 0.3) is 0 Å². The molecular weight excluding hydrogens is 476 g/mol. The van der Waals surface area contributed by atoms with Crippen molar-refractivity contribution in [2.24, 2.45) is 0 Å². The van der Waals surface area contributed by atoms with E-state index in [4.69, 9.17) is 18.9 Å². The van der Waals surface area contributed by atoms with Gasteiger partial charge in [-0.1, -0.05) is 0 Å². The Hall–Kier alpha value is -3.82. The highest BCUT2D eigenvalue weighted by atomic mass is 16.7. The summed E-state index contributed by atoms with van der Waals surface area (Å²) in [6.45, 7) is -0.601. The molecule has 0 aliphatic carbocycles. The maximum Gasteiger partial charge on any atom is 0.344 e. The van der Waals surface area contributed by atoms with Gasteiger partial charge in [0, 0.05) is 7.11 Å². The maximum atomic E-state index is 12.3. The van der Waals surface area contributed by atoms with Crippen LogP contribution in [0.1, 0.15) is 20.7 Å². The number of carbonyl (C=O) groups is 2. The highest BCUT2D eigenvalue weighted by Crippen LogP contribution is 2.39. The van der Waals surface area contributed by atoms with E-state index >= 15 is 0 Å². The van der Waals surface area contributed by atoms with E-state index in [0.29, 0.717) is 0 Å². The Morgan fingerprint density at radius 2 is 1.31 bits per heavy atom. The first kappa shape index (κ1) is 25.8. The summed E-state index contributed by atoms with van der Waals surface area (Å²) < 4.78 is 19.9. The minimum atomic E-state index is -1.64. The minimum absolute atomic E-state index is 0.395. The third kappa shape index (κ3) is 5.31. The predicted octanol–water partition coefficient (Wildman–Crippen LogP) is -0.955. The molecule has 1 aliphatic rings. The van der Waals surface area contributed by atoms with Crippen LogP contribution >= 0.6 is 0 Å². The van der Waals surface area contributed by atoms with Crippen LogP contribution in [0.4, 0.5) is 0 Å². The predicted molar refractivity (Wildman–Crippen MR) is 110 cm³/mol. The average Bonchev–Trinajstić information content (AvgIpc) is 2.82. The summed E-state index contributed by atoms with van der Waals surface area (Å²) in [4.78, 5) is 24.6.